The molecule has 3 rings (SSSR count). The summed E-state index contributed by atoms with van der Waals surface area (Å²) in [6.45, 7) is 1.89. The van der Waals surface area contributed by atoms with Crippen molar-refractivity contribution in [3.8, 4) is 5.69 Å². The normalized spacial score (nSPS) is 22.1. The van der Waals surface area contributed by atoms with E-state index in [1.165, 1.54) is 9.36 Å². The number of aliphatic hydroxyl groups excluding tert-OH is 1. The van der Waals surface area contributed by atoms with Crippen LogP contribution in [0.2, 0.25) is 0 Å². The Labute approximate surface area is 102 Å². The highest BCUT2D eigenvalue weighted by atomic mass is 16.3. The van der Waals surface area contributed by atoms with Gasteiger partial charge in [-0.1, -0.05) is 18.2 Å². The molecule has 0 fully saturated rings. The second-order valence-electron chi connectivity index (χ2n) is 4.47. The first-order valence-corrected chi connectivity index (χ1v) is 5.79. The molecule has 1 aliphatic heterocycles. The third kappa shape index (κ3) is 1.32. The monoisotopic (exact) mass is 247 g/mol. The van der Waals surface area contributed by atoms with Crippen molar-refractivity contribution in [3.05, 3.63) is 51.3 Å². The first-order valence-electron chi connectivity index (χ1n) is 5.79. The lowest BCUT2D eigenvalue weighted by Crippen LogP contribution is -2.31. The Balaban J connectivity index is 2.28. The first-order chi connectivity index (χ1) is 8.61. The summed E-state index contributed by atoms with van der Waals surface area (Å²) in [7, 11) is 0. The van der Waals surface area contributed by atoms with Crippen LogP contribution in [0.3, 0.4) is 0 Å². The second-order valence-corrected chi connectivity index (χ2v) is 4.47. The van der Waals surface area contributed by atoms with Gasteiger partial charge in [-0.15, -0.1) is 0 Å². The molecule has 1 N–H and O–H groups in total. The third-order valence-corrected chi connectivity index (χ3v) is 3.38. The van der Waals surface area contributed by atoms with E-state index in [2.05, 4.69) is 0 Å². The molecule has 0 aliphatic carbocycles. The van der Waals surface area contributed by atoms with Crippen LogP contribution in [-0.4, -0.2) is 25.1 Å². The summed E-state index contributed by atoms with van der Waals surface area (Å²) in [4.78, 5) is 24.4. The molecule has 6 heteroatoms. The van der Waals surface area contributed by atoms with Gasteiger partial charge in [-0.3, -0.25) is 0 Å². The third-order valence-electron chi connectivity index (χ3n) is 3.38. The Bertz CT molecular complexity index is 696. The number of para-hydroxylation sites is 1. The van der Waals surface area contributed by atoms with E-state index in [9.17, 15) is 14.7 Å². The van der Waals surface area contributed by atoms with Gasteiger partial charge in [-0.05, 0) is 19.1 Å². The molecular formula is C12H13N3O3. The average Bonchev–Trinajstić information content (AvgIpc) is 2.79. The minimum atomic E-state index is -0.684. The number of benzene rings is 1. The number of hydrogen-bond donors (Lipinski definition) is 1. The van der Waals surface area contributed by atoms with Crippen molar-refractivity contribution >= 4 is 0 Å². The lowest BCUT2D eigenvalue weighted by atomic mass is 10.2. The molecule has 1 aromatic heterocycles. The Morgan fingerprint density at radius 1 is 1.17 bits per heavy atom. The van der Waals surface area contributed by atoms with Crippen LogP contribution >= 0.6 is 0 Å². The van der Waals surface area contributed by atoms with Crippen molar-refractivity contribution in [1.82, 2.24) is 13.9 Å². The maximum absolute atomic E-state index is 12.2. The molecule has 0 spiro atoms. The van der Waals surface area contributed by atoms with Crippen molar-refractivity contribution in [3.63, 3.8) is 0 Å². The van der Waals surface area contributed by atoms with Gasteiger partial charge in [-0.2, -0.15) is 0 Å². The number of fused-ring (bicyclic) bond motifs is 1. The summed E-state index contributed by atoms with van der Waals surface area (Å²) >= 11 is 0. The molecule has 94 valence electrons. The molecule has 1 aromatic carbocycles. The Morgan fingerprint density at radius 2 is 1.83 bits per heavy atom. The van der Waals surface area contributed by atoms with E-state index in [1.54, 1.807) is 31.2 Å². The Morgan fingerprint density at radius 3 is 2.44 bits per heavy atom. The largest absolute Gasteiger partial charge is 0.389 e. The standard InChI is InChI=1S/C12H13N3O3/c1-8-10(16)7-13-11(17)14(12(18)15(8)13)9-5-3-2-4-6-9/h2-6,8,10,16H,7H2,1H3/t8-,10+/m1/s1. The van der Waals surface area contributed by atoms with Crippen LogP contribution in [0.1, 0.15) is 13.0 Å². The molecule has 1 aliphatic rings. The lowest BCUT2D eigenvalue weighted by molar-refractivity contribution is 0.140. The summed E-state index contributed by atoms with van der Waals surface area (Å²) < 4.78 is 3.74. The predicted octanol–water partition coefficient (Wildman–Crippen LogP) is -0.264. The van der Waals surface area contributed by atoms with E-state index in [4.69, 9.17) is 0 Å². The van der Waals surface area contributed by atoms with Crippen LogP contribution in [0.15, 0.2) is 39.9 Å². The van der Waals surface area contributed by atoms with Crippen LogP contribution in [0.25, 0.3) is 5.69 Å². The molecule has 2 heterocycles. The summed E-state index contributed by atoms with van der Waals surface area (Å²) in [6, 6.07) is 8.40. The van der Waals surface area contributed by atoms with Crippen molar-refractivity contribution in [2.45, 2.75) is 25.6 Å². The number of aromatic nitrogens is 3. The van der Waals surface area contributed by atoms with Gasteiger partial charge in [0.2, 0.25) is 0 Å². The van der Waals surface area contributed by atoms with Gasteiger partial charge in [0.15, 0.2) is 0 Å². The van der Waals surface area contributed by atoms with Crippen LogP contribution < -0.4 is 11.4 Å². The molecule has 0 amide bonds. The van der Waals surface area contributed by atoms with Crippen LogP contribution in [0, 0.1) is 0 Å². The molecule has 0 unspecified atom stereocenters. The van der Waals surface area contributed by atoms with E-state index in [0.717, 1.165) is 4.57 Å². The highest BCUT2D eigenvalue weighted by Crippen LogP contribution is 2.16. The minimum absolute atomic E-state index is 0.162. The van der Waals surface area contributed by atoms with E-state index >= 15 is 0 Å². The molecule has 0 saturated heterocycles. The summed E-state index contributed by atoms with van der Waals surface area (Å²) in [5, 5.41) is 9.69. The number of nitrogens with zero attached hydrogens (tertiary/aromatic N) is 3. The molecule has 6 nitrogen and oxygen atoms in total. The Hall–Kier alpha value is -2.08. The maximum Gasteiger partial charge on any atom is 0.352 e. The van der Waals surface area contributed by atoms with Gasteiger partial charge in [-0.25, -0.2) is 23.5 Å². The minimum Gasteiger partial charge on any atom is -0.389 e. The molecule has 0 saturated carbocycles. The first kappa shape index (κ1) is 11.0. The molecule has 18 heavy (non-hydrogen) atoms. The van der Waals surface area contributed by atoms with Gasteiger partial charge >= 0.3 is 11.4 Å². The van der Waals surface area contributed by atoms with E-state index < -0.39 is 17.5 Å². The fourth-order valence-electron chi connectivity index (χ4n) is 2.35. The van der Waals surface area contributed by atoms with E-state index in [-0.39, 0.29) is 12.6 Å². The van der Waals surface area contributed by atoms with Crippen molar-refractivity contribution in [1.29, 1.82) is 0 Å². The summed E-state index contributed by atoms with van der Waals surface area (Å²) in [5.41, 5.74) is -0.270. The van der Waals surface area contributed by atoms with Crippen molar-refractivity contribution < 1.29 is 5.11 Å². The quantitative estimate of drug-likeness (QED) is 0.754. The SMILES string of the molecule is C[C@@H]1[C@@H](O)Cn2c(=O)n(-c3ccccc3)c(=O)n21. The van der Waals surface area contributed by atoms with Gasteiger partial charge in [0.05, 0.1) is 24.4 Å². The zero-order valence-corrected chi connectivity index (χ0v) is 9.85. The van der Waals surface area contributed by atoms with Crippen LogP contribution in [0.5, 0.6) is 0 Å². The maximum atomic E-state index is 12.2. The van der Waals surface area contributed by atoms with Crippen LogP contribution in [-0.2, 0) is 6.54 Å². The molecule has 0 bridgehead atoms. The number of rotatable bonds is 1. The average molecular weight is 247 g/mol. The topological polar surface area (TPSA) is 69.2 Å². The number of hydrogen-bond acceptors (Lipinski definition) is 3. The lowest BCUT2D eigenvalue weighted by Gasteiger charge is -2.07. The van der Waals surface area contributed by atoms with Crippen molar-refractivity contribution in [2.24, 2.45) is 0 Å². The fraction of sp³-hybridized carbons (Fsp3) is 0.333. The predicted molar refractivity (Wildman–Crippen MR) is 65.0 cm³/mol. The fourth-order valence-corrected chi connectivity index (χ4v) is 2.35. The van der Waals surface area contributed by atoms with Gasteiger partial charge in [0.1, 0.15) is 0 Å². The smallest absolute Gasteiger partial charge is 0.352 e. The zero-order valence-electron chi connectivity index (χ0n) is 9.85. The zero-order chi connectivity index (χ0) is 12.9. The van der Waals surface area contributed by atoms with Gasteiger partial charge in [0.25, 0.3) is 0 Å². The highest BCUT2D eigenvalue weighted by molar-refractivity contribution is 5.30. The highest BCUT2D eigenvalue weighted by Gasteiger charge is 2.32. The van der Waals surface area contributed by atoms with E-state index in [0.29, 0.717) is 5.69 Å². The molecule has 2 aromatic rings. The second kappa shape index (κ2) is 3.71. The van der Waals surface area contributed by atoms with Gasteiger partial charge < -0.3 is 5.11 Å². The summed E-state index contributed by atoms with van der Waals surface area (Å²) in [6.07, 6.45) is -0.684. The number of aliphatic hydroxyl groups is 1. The molecule has 2 atom stereocenters. The summed E-state index contributed by atoms with van der Waals surface area (Å²) in [5.74, 6) is 0. The van der Waals surface area contributed by atoms with Crippen molar-refractivity contribution in [2.75, 3.05) is 0 Å². The van der Waals surface area contributed by atoms with Gasteiger partial charge in [0, 0.05) is 0 Å². The molecule has 0 radical (unpaired) electrons. The Kier molecular flexibility index (Phi) is 2.27. The van der Waals surface area contributed by atoms with E-state index in [1.807, 2.05) is 6.07 Å². The molecular weight excluding hydrogens is 234 g/mol. The van der Waals surface area contributed by atoms with Crippen LogP contribution in [0.4, 0.5) is 0 Å².